The lowest BCUT2D eigenvalue weighted by Gasteiger charge is -2.28. The molecule has 2 aromatic rings. The number of likely N-dealkylation sites (N-methyl/N-ethyl adjacent to an activating group) is 1. The molecule has 2 aromatic heterocycles. The second kappa shape index (κ2) is 7.95. The summed E-state index contributed by atoms with van der Waals surface area (Å²) in [5.41, 5.74) is 0.711. The van der Waals surface area contributed by atoms with Crippen molar-refractivity contribution in [2.24, 2.45) is 7.05 Å². The van der Waals surface area contributed by atoms with Crippen LogP contribution in [0.25, 0.3) is 11.2 Å². The minimum atomic E-state index is -0.366. The minimum Gasteiger partial charge on any atom is -0.465 e. The maximum absolute atomic E-state index is 13.0. The van der Waals surface area contributed by atoms with E-state index in [0.717, 1.165) is 32.1 Å². The molecule has 0 atom stereocenters. The molecular weight excluding hydrogens is 350 g/mol. The molecule has 1 saturated heterocycles. The third-order valence-corrected chi connectivity index (χ3v) is 4.67. The number of rotatable bonds is 6. The summed E-state index contributed by atoms with van der Waals surface area (Å²) >= 11 is 0. The van der Waals surface area contributed by atoms with Crippen LogP contribution >= 0.6 is 0 Å². The quantitative estimate of drug-likeness (QED) is 0.677. The fourth-order valence-electron chi connectivity index (χ4n) is 3.36. The van der Waals surface area contributed by atoms with E-state index in [1.807, 2.05) is 11.5 Å². The van der Waals surface area contributed by atoms with Crippen LogP contribution in [0.4, 0.5) is 11.9 Å². The fraction of sp³-hybridized carbons (Fsp3) is 0.647. The third-order valence-electron chi connectivity index (χ3n) is 4.67. The van der Waals surface area contributed by atoms with Crippen LogP contribution in [-0.4, -0.2) is 71.4 Å². The van der Waals surface area contributed by atoms with Crippen molar-refractivity contribution in [1.29, 1.82) is 0 Å². The van der Waals surface area contributed by atoms with Gasteiger partial charge in [0.05, 0.1) is 6.61 Å². The van der Waals surface area contributed by atoms with Gasteiger partial charge in [0.25, 0.3) is 5.56 Å². The van der Waals surface area contributed by atoms with Crippen LogP contribution < -0.4 is 20.7 Å². The van der Waals surface area contributed by atoms with E-state index in [-0.39, 0.29) is 18.1 Å². The van der Waals surface area contributed by atoms with Gasteiger partial charge in [-0.2, -0.15) is 9.97 Å². The number of esters is 1. The Bertz CT molecular complexity index is 883. The zero-order chi connectivity index (χ0) is 19.6. The van der Waals surface area contributed by atoms with Crippen LogP contribution in [0.5, 0.6) is 0 Å². The van der Waals surface area contributed by atoms with Crippen LogP contribution in [0, 0.1) is 0 Å². The van der Waals surface area contributed by atoms with Gasteiger partial charge in [-0.1, -0.05) is 0 Å². The van der Waals surface area contributed by atoms with Gasteiger partial charge in [0.1, 0.15) is 6.54 Å². The number of carbonyl (C=O) groups excluding carboxylic acids is 1. The van der Waals surface area contributed by atoms with E-state index in [1.54, 1.807) is 25.9 Å². The van der Waals surface area contributed by atoms with E-state index in [1.165, 1.54) is 4.57 Å². The highest BCUT2D eigenvalue weighted by atomic mass is 16.5. The molecule has 0 amide bonds. The van der Waals surface area contributed by atoms with Gasteiger partial charge >= 0.3 is 5.97 Å². The van der Waals surface area contributed by atoms with Crippen molar-refractivity contribution in [1.82, 2.24) is 24.4 Å². The number of anilines is 2. The SMILES string of the molecule is CCOC(=O)CN(C)c1nc2nc(N3CCNCC3)n(CC)c2c(=O)n1C. The highest BCUT2D eigenvalue weighted by Gasteiger charge is 2.23. The molecular formula is C17H27N7O3. The number of aryl methyl sites for hydroxylation is 1. The topological polar surface area (TPSA) is 97.5 Å². The predicted octanol–water partition coefficient (Wildman–Crippen LogP) is -0.441. The van der Waals surface area contributed by atoms with Gasteiger partial charge in [-0.3, -0.25) is 14.2 Å². The lowest BCUT2D eigenvalue weighted by molar-refractivity contribution is -0.141. The summed E-state index contributed by atoms with van der Waals surface area (Å²) < 4.78 is 8.36. The summed E-state index contributed by atoms with van der Waals surface area (Å²) in [6, 6.07) is 0. The summed E-state index contributed by atoms with van der Waals surface area (Å²) in [4.78, 5) is 37.8. The zero-order valence-electron chi connectivity index (χ0n) is 16.4. The molecule has 0 unspecified atom stereocenters. The molecule has 0 bridgehead atoms. The van der Waals surface area contributed by atoms with Crippen molar-refractivity contribution in [3.8, 4) is 0 Å². The number of nitrogens with zero attached hydrogens (tertiary/aromatic N) is 6. The molecule has 0 aliphatic carbocycles. The third kappa shape index (κ3) is 3.61. The smallest absolute Gasteiger partial charge is 0.325 e. The number of aromatic nitrogens is 4. The average Bonchev–Trinajstić information content (AvgIpc) is 3.04. The summed E-state index contributed by atoms with van der Waals surface area (Å²) in [5.74, 6) is 0.784. The first kappa shape index (κ1) is 19.2. The van der Waals surface area contributed by atoms with Crippen LogP contribution in [0.3, 0.4) is 0 Å². The monoisotopic (exact) mass is 377 g/mol. The van der Waals surface area contributed by atoms with E-state index >= 15 is 0 Å². The standard InChI is InChI=1S/C17H27N7O3/c1-5-24-13-14(20-17(24)23-9-7-18-8-10-23)19-16(22(4)15(13)26)21(3)11-12(25)27-6-2/h18H,5-11H2,1-4H3. The van der Waals surface area contributed by atoms with E-state index in [4.69, 9.17) is 4.74 Å². The number of piperazine rings is 1. The number of hydrogen-bond donors (Lipinski definition) is 1. The van der Waals surface area contributed by atoms with Crippen molar-refractivity contribution in [2.75, 3.05) is 56.2 Å². The first-order valence-electron chi connectivity index (χ1n) is 9.27. The fourth-order valence-corrected chi connectivity index (χ4v) is 3.36. The molecule has 10 heteroatoms. The zero-order valence-corrected chi connectivity index (χ0v) is 16.4. The summed E-state index contributed by atoms with van der Waals surface area (Å²) in [6.07, 6.45) is 0. The van der Waals surface area contributed by atoms with Crippen LogP contribution in [0.15, 0.2) is 4.79 Å². The first-order valence-corrected chi connectivity index (χ1v) is 9.27. The van der Waals surface area contributed by atoms with Gasteiger partial charge < -0.3 is 24.4 Å². The largest absolute Gasteiger partial charge is 0.465 e. The van der Waals surface area contributed by atoms with Crippen molar-refractivity contribution in [3.63, 3.8) is 0 Å². The van der Waals surface area contributed by atoms with Crippen molar-refractivity contribution in [2.45, 2.75) is 20.4 Å². The molecule has 0 aromatic carbocycles. The van der Waals surface area contributed by atoms with Gasteiger partial charge in [-0.15, -0.1) is 0 Å². The molecule has 148 valence electrons. The van der Waals surface area contributed by atoms with E-state index < -0.39 is 0 Å². The number of ether oxygens (including phenoxy) is 1. The predicted molar refractivity (Wildman–Crippen MR) is 103 cm³/mol. The Morgan fingerprint density at radius 3 is 2.59 bits per heavy atom. The Labute approximate surface area is 157 Å². The van der Waals surface area contributed by atoms with E-state index in [2.05, 4.69) is 20.2 Å². The number of imidazole rings is 1. The molecule has 10 nitrogen and oxygen atoms in total. The van der Waals surface area contributed by atoms with Crippen molar-refractivity contribution < 1.29 is 9.53 Å². The Kier molecular flexibility index (Phi) is 5.64. The molecule has 1 fully saturated rings. The summed E-state index contributed by atoms with van der Waals surface area (Å²) in [5, 5.41) is 3.32. The molecule has 0 saturated carbocycles. The normalized spacial score (nSPS) is 14.6. The maximum atomic E-state index is 13.0. The Balaban J connectivity index is 2.05. The second-order valence-corrected chi connectivity index (χ2v) is 6.50. The van der Waals surface area contributed by atoms with E-state index in [0.29, 0.717) is 30.3 Å². The van der Waals surface area contributed by atoms with E-state index in [9.17, 15) is 9.59 Å². The Morgan fingerprint density at radius 2 is 1.96 bits per heavy atom. The van der Waals surface area contributed by atoms with Gasteiger partial charge in [0.2, 0.25) is 11.9 Å². The number of carbonyl (C=O) groups is 1. The average molecular weight is 377 g/mol. The van der Waals surface area contributed by atoms with Gasteiger partial charge in [0, 0.05) is 46.8 Å². The summed E-state index contributed by atoms with van der Waals surface area (Å²) in [6.45, 7) is 8.13. The highest BCUT2D eigenvalue weighted by molar-refractivity contribution is 5.78. The van der Waals surface area contributed by atoms with Gasteiger partial charge in [0.15, 0.2) is 11.2 Å². The first-order chi connectivity index (χ1) is 13.0. The molecule has 1 N–H and O–H groups in total. The minimum absolute atomic E-state index is 0.0127. The Hall–Kier alpha value is -2.62. The van der Waals surface area contributed by atoms with Crippen LogP contribution in [-0.2, 0) is 23.1 Å². The van der Waals surface area contributed by atoms with Crippen LogP contribution in [0.1, 0.15) is 13.8 Å². The molecule has 27 heavy (non-hydrogen) atoms. The van der Waals surface area contributed by atoms with Gasteiger partial charge in [-0.25, -0.2) is 0 Å². The molecule has 3 heterocycles. The maximum Gasteiger partial charge on any atom is 0.325 e. The number of nitrogens with one attached hydrogen (secondary N) is 1. The van der Waals surface area contributed by atoms with Crippen molar-refractivity contribution >= 4 is 29.0 Å². The molecule has 1 aliphatic heterocycles. The summed E-state index contributed by atoms with van der Waals surface area (Å²) in [7, 11) is 3.36. The van der Waals surface area contributed by atoms with Gasteiger partial charge in [-0.05, 0) is 13.8 Å². The lowest BCUT2D eigenvalue weighted by atomic mass is 10.4. The molecule has 1 aliphatic rings. The number of hydrogen-bond acceptors (Lipinski definition) is 8. The molecule has 0 radical (unpaired) electrons. The van der Waals surface area contributed by atoms with Crippen LogP contribution in [0.2, 0.25) is 0 Å². The van der Waals surface area contributed by atoms with Crippen molar-refractivity contribution in [3.05, 3.63) is 10.4 Å². The lowest BCUT2D eigenvalue weighted by Crippen LogP contribution is -2.44. The number of fused-ring (bicyclic) bond motifs is 1. The highest BCUT2D eigenvalue weighted by Crippen LogP contribution is 2.21. The molecule has 0 spiro atoms. The molecule has 3 rings (SSSR count). The second-order valence-electron chi connectivity index (χ2n) is 6.50. The Morgan fingerprint density at radius 1 is 1.26 bits per heavy atom.